The Labute approximate surface area is 171 Å². The Morgan fingerprint density at radius 1 is 1.39 bits per heavy atom. The van der Waals surface area contributed by atoms with E-state index in [0.717, 1.165) is 5.82 Å². The fraction of sp³-hybridized carbons (Fsp3) is 0.333. The van der Waals surface area contributed by atoms with Crippen LogP contribution in [0.15, 0.2) is 54.2 Å². The highest BCUT2D eigenvalue weighted by Crippen LogP contribution is 2.23. The minimum absolute atomic E-state index is 0. The van der Waals surface area contributed by atoms with Gasteiger partial charge in [0.25, 0.3) is 5.91 Å². The third-order valence-electron chi connectivity index (χ3n) is 4.49. The maximum atomic E-state index is 13.0. The summed E-state index contributed by atoms with van der Waals surface area (Å²) >= 11 is 0. The summed E-state index contributed by atoms with van der Waals surface area (Å²) in [5, 5.41) is 3.29. The van der Waals surface area contributed by atoms with Crippen molar-refractivity contribution in [1.29, 1.82) is 0 Å². The predicted octanol–water partition coefficient (Wildman–Crippen LogP) is 1.09. The van der Waals surface area contributed by atoms with Gasteiger partial charge in [0.05, 0.1) is 4.90 Å². The van der Waals surface area contributed by atoms with Crippen LogP contribution >= 0.6 is 12.4 Å². The van der Waals surface area contributed by atoms with Gasteiger partial charge in [0, 0.05) is 51.2 Å². The van der Waals surface area contributed by atoms with Crippen LogP contribution in [0, 0.1) is 0 Å². The number of aryl methyl sites for hydroxylation is 1. The van der Waals surface area contributed by atoms with Gasteiger partial charge in [-0.2, -0.15) is 0 Å². The molecular formula is C18H24ClN5O3S. The summed E-state index contributed by atoms with van der Waals surface area (Å²) in [7, 11) is -1.71. The van der Waals surface area contributed by atoms with Gasteiger partial charge in [-0.25, -0.2) is 18.1 Å². The highest BCUT2D eigenvalue weighted by molar-refractivity contribution is 7.89. The van der Waals surface area contributed by atoms with Gasteiger partial charge in [0.2, 0.25) is 10.0 Å². The molecular weight excluding hydrogens is 402 g/mol. The molecule has 0 aliphatic carbocycles. The van der Waals surface area contributed by atoms with Crippen LogP contribution in [0.4, 0.5) is 0 Å². The number of sulfonamides is 1. The second-order valence-corrected chi connectivity index (χ2v) is 8.05. The zero-order valence-corrected chi connectivity index (χ0v) is 17.2. The largest absolute Gasteiger partial charge is 0.336 e. The van der Waals surface area contributed by atoms with Crippen LogP contribution in [0.5, 0.6) is 0 Å². The molecule has 1 amide bonds. The zero-order valence-electron chi connectivity index (χ0n) is 15.5. The van der Waals surface area contributed by atoms with Gasteiger partial charge in [-0.05, 0) is 24.3 Å². The minimum Gasteiger partial charge on any atom is -0.336 e. The number of rotatable bonds is 6. The normalized spacial score (nSPS) is 17.0. The highest BCUT2D eigenvalue weighted by Gasteiger charge is 2.31. The maximum Gasteiger partial charge on any atom is 0.254 e. The van der Waals surface area contributed by atoms with Crippen LogP contribution in [-0.4, -0.2) is 55.0 Å². The fourth-order valence-corrected chi connectivity index (χ4v) is 4.07. The van der Waals surface area contributed by atoms with E-state index in [2.05, 4.69) is 21.6 Å². The van der Waals surface area contributed by atoms with Crippen molar-refractivity contribution in [3.8, 4) is 0 Å². The molecule has 0 radical (unpaired) electrons. The number of benzene rings is 1. The number of nitrogens with zero attached hydrogens (tertiary/aromatic N) is 3. The smallest absolute Gasteiger partial charge is 0.254 e. The SMILES string of the molecule is C=CCNS(=O)(=O)c1ccc(C(=O)N2CCNCC2c2nccn2C)cc1.Cl. The van der Waals surface area contributed by atoms with Crippen LogP contribution in [0.1, 0.15) is 22.2 Å². The number of aromatic nitrogens is 2. The van der Waals surface area contributed by atoms with Gasteiger partial charge in [0.15, 0.2) is 0 Å². The van der Waals surface area contributed by atoms with E-state index in [4.69, 9.17) is 0 Å². The number of piperazine rings is 1. The van der Waals surface area contributed by atoms with Crippen molar-refractivity contribution in [1.82, 2.24) is 24.5 Å². The van der Waals surface area contributed by atoms with Crippen LogP contribution < -0.4 is 10.0 Å². The number of imidazole rings is 1. The van der Waals surface area contributed by atoms with Gasteiger partial charge >= 0.3 is 0 Å². The van der Waals surface area contributed by atoms with Crippen LogP contribution in [-0.2, 0) is 17.1 Å². The Morgan fingerprint density at radius 3 is 2.71 bits per heavy atom. The molecule has 1 aliphatic rings. The molecule has 10 heteroatoms. The van der Waals surface area contributed by atoms with E-state index in [1.807, 2.05) is 17.8 Å². The Hall–Kier alpha value is -2.20. The summed E-state index contributed by atoms with van der Waals surface area (Å²) < 4.78 is 28.6. The van der Waals surface area contributed by atoms with Crippen LogP contribution in [0.2, 0.25) is 0 Å². The van der Waals surface area contributed by atoms with Gasteiger partial charge in [-0.15, -0.1) is 19.0 Å². The average molecular weight is 426 g/mol. The molecule has 3 rings (SSSR count). The molecule has 1 saturated heterocycles. The Kier molecular flexibility index (Phi) is 7.36. The fourth-order valence-electron chi connectivity index (χ4n) is 3.07. The quantitative estimate of drug-likeness (QED) is 0.675. The van der Waals surface area contributed by atoms with E-state index in [-0.39, 0.29) is 35.8 Å². The standard InChI is InChI=1S/C18H23N5O3S.ClH/c1-3-8-21-27(25,26)15-6-4-14(5-7-15)18(24)23-12-9-19-13-16(23)17-20-10-11-22(17)2;/h3-7,10-11,16,19,21H,1,8-9,12-13H2,2H3;1H. The van der Waals surface area contributed by atoms with Gasteiger partial charge in [0.1, 0.15) is 11.9 Å². The number of nitrogens with one attached hydrogen (secondary N) is 2. The van der Waals surface area contributed by atoms with E-state index in [1.165, 1.54) is 18.2 Å². The Balaban J connectivity index is 0.00000280. The molecule has 2 heterocycles. The minimum atomic E-state index is -3.61. The average Bonchev–Trinajstić information content (AvgIpc) is 3.11. The van der Waals surface area contributed by atoms with E-state index in [0.29, 0.717) is 25.2 Å². The molecule has 152 valence electrons. The maximum absolute atomic E-state index is 13.0. The molecule has 1 atom stereocenters. The lowest BCUT2D eigenvalue weighted by Crippen LogP contribution is -2.49. The topological polar surface area (TPSA) is 96.3 Å². The zero-order chi connectivity index (χ0) is 19.4. The number of halogens is 1. The Bertz CT molecular complexity index is 927. The van der Waals surface area contributed by atoms with Gasteiger partial charge in [-0.1, -0.05) is 6.08 Å². The predicted molar refractivity (Wildman–Crippen MR) is 109 cm³/mol. The second kappa shape index (κ2) is 9.33. The molecule has 1 aromatic heterocycles. The molecule has 0 spiro atoms. The van der Waals surface area contributed by atoms with Crippen molar-refractivity contribution in [2.45, 2.75) is 10.9 Å². The molecule has 8 nitrogen and oxygen atoms in total. The summed E-state index contributed by atoms with van der Waals surface area (Å²) in [5.41, 5.74) is 0.443. The summed E-state index contributed by atoms with van der Waals surface area (Å²) in [6.07, 6.45) is 5.03. The lowest BCUT2D eigenvalue weighted by atomic mass is 10.1. The van der Waals surface area contributed by atoms with Crippen molar-refractivity contribution in [3.63, 3.8) is 0 Å². The number of carbonyl (C=O) groups excluding carboxylic acids is 1. The molecule has 28 heavy (non-hydrogen) atoms. The highest BCUT2D eigenvalue weighted by atomic mass is 35.5. The first kappa shape index (κ1) is 22.1. The van der Waals surface area contributed by atoms with Crippen LogP contribution in [0.25, 0.3) is 0 Å². The molecule has 1 fully saturated rings. The summed E-state index contributed by atoms with van der Waals surface area (Å²) in [6, 6.07) is 5.79. The van der Waals surface area contributed by atoms with Crippen molar-refractivity contribution in [2.24, 2.45) is 7.05 Å². The van der Waals surface area contributed by atoms with Crippen molar-refractivity contribution < 1.29 is 13.2 Å². The third kappa shape index (κ3) is 4.61. The van der Waals surface area contributed by atoms with E-state index >= 15 is 0 Å². The van der Waals surface area contributed by atoms with E-state index < -0.39 is 10.0 Å². The number of hydrogen-bond acceptors (Lipinski definition) is 5. The molecule has 0 bridgehead atoms. The Morgan fingerprint density at radius 2 is 2.11 bits per heavy atom. The summed E-state index contributed by atoms with van der Waals surface area (Å²) in [5.74, 6) is 0.663. The van der Waals surface area contributed by atoms with Gasteiger partial charge < -0.3 is 14.8 Å². The molecule has 1 aliphatic heterocycles. The van der Waals surface area contributed by atoms with E-state index in [9.17, 15) is 13.2 Å². The number of amides is 1. The first-order valence-corrected chi connectivity index (χ1v) is 10.1. The summed E-state index contributed by atoms with van der Waals surface area (Å²) in [4.78, 5) is 19.3. The number of carbonyl (C=O) groups is 1. The lowest BCUT2D eigenvalue weighted by molar-refractivity contribution is 0.0620. The number of hydrogen-bond donors (Lipinski definition) is 2. The van der Waals surface area contributed by atoms with Crippen LogP contribution in [0.3, 0.4) is 0 Å². The summed E-state index contributed by atoms with van der Waals surface area (Å²) in [6.45, 7) is 5.51. The van der Waals surface area contributed by atoms with Crippen molar-refractivity contribution in [2.75, 3.05) is 26.2 Å². The van der Waals surface area contributed by atoms with E-state index in [1.54, 1.807) is 23.2 Å². The molecule has 2 N–H and O–H groups in total. The molecule has 2 aromatic rings. The lowest BCUT2D eigenvalue weighted by Gasteiger charge is -2.35. The third-order valence-corrected chi connectivity index (χ3v) is 5.93. The molecule has 0 saturated carbocycles. The second-order valence-electron chi connectivity index (χ2n) is 6.28. The van der Waals surface area contributed by atoms with Crippen molar-refractivity contribution >= 4 is 28.3 Å². The monoisotopic (exact) mass is 425 g/mol. The van der Waals surface area contributed by atoms with Gasteiger partial charge in [-0.3, -0.25) is 4.79 Å². The molecule has 1 unspecified atom stereocenters. The first-order valence-electron chi connectivity index (χ1n) is 8.63. The first-order chi connectivity index (χ1) is 12.9. The van der Waals surface area contributed by atoms with Crippen molar-refractivity contribution in [3.05, 3.63) is 60.7 Å². The molecule has 1 aromatic carbocycles.